The van der Waals surface area contributed by atoms with Crippen LogP contribution in [0, 0.1) is 6.92 Å². The van der Waals surface area contributed by atoms with Crippen LogP contribution in [0.4, 0.5) is 0 Å². The standard InChI is InChI=1S/C19H24N2O2/c1-14-10-11-16(12-18(14)23-4)19(22)20-17(13-21(2)3)15-8-6-5-7-9-15/h5-12,17H,13H2,1-4H3,(H,20,22)/p+1/t17-/m1/s1. The van der Waals surface area contributed by atoms with Gasteiger partial charge in [0.2, 0.25) is 0 Å². The number of hydrogen-bond donors (Lipinski definition) is 2. The van der Waals surface area contributed by atoms with Crippen molar-refractivity contribution < 1.29 is 14.4 Å². The van der Waals surface area contributed by atoms with Crippen molar-refractivity contribution in [3.05, 3.63) is 65.2 Å². The number of aryl methyl sites for hydroxylation is 1. The molecule has 0 aliphatic rings. The van der Waals surface area contributed by atoms with Gasteiger partial charge in [0, 0.05) is 5.56 Å². The number of ether oxygens (including phenoxy) is 1. The molecule has 0 unspecified atom stereocenters. The molecule has 4 heteroatoms. The topological polar surface area (TPSA) is 42.8 Å². The van der Waals surface area contributed by atoms with Crippen LogP contribution in [0.2, 0.25) is 0 Å². The number of methoxy groups -OCH3 is 1. The first-order chi connectivity index (χ1) is 11.0. The van der Waals surface area contributed by atoms with Gasteiger partial charge in [-0.25, -0.2) is 0 Å². The molecule has 1 atom stereocenters. The molecule has 0 aliphatic heterocycles. The average molecular weight is 313 g/mol. The van der Waals surface area contributed by atoms with Gasteiger partial charge in [-0.1, -0.05) is 36.4 Å². The minimum absolute atomic E-state index is 0.0269. The number of hydrogen-bond acceptors (Lipinski definition) is 2. The number of quaternary nitrogens is 1. The summed E-state index contributed by atoms with van der Waals surface area (Å²) in [6, 6.07) is 15.6. The summed E-state index contributed by atoms with van der Waals surface area (Å²) in [5.74, 6) is 0.644. The van der Waals surface area contributed by atoms with Crippen LogP contribution in [0.15, 0.2) is 48.5 Å². The van der Waals surface area contributed by atoms with Gasteiger partial charge in [0.25, 0.3) is 5.91 Å². The average Bonchev–Trinajstić information content (AvgIpc) is 2.55. The third-order valence-electron chi connectivity index (χ3n) is 3.79. The van der Waals surface area contributed by atoms with E-state index in [-0.39, 0.29) is 11.9 Å². The first-order valence-corrected chi connectivity index (χ1v) is 7.80. The number of benzene rings is 2. The van der Waals surface area contributed by atoms with Gasteiger partial charge in [0.1, 0.15) is 18.3 Å². The van der Waals surface area contributed by atoms with Crippen LogP contribution < -0.4 is 15.0 Å². The lowest BCUT2D eigenvalue weighted by molar-refractivity contribution is -0.860. The third kappa shape index (κ3) is 4.57. The summed E-state index contributed by atoms with van der Waals surface area (Å²) in [6.07, 6.45) is 0. The van der Waals surface area contributed by atoms with E-state index >= 15 is 0 Å². The van der Waals surface area contributed by atoms with Gasteiger partial charge in [-0.2, -0.15) is 0 Å². The van der Waals surface area contributed by atoms with Crippen LogP contribution in [-0.2, 0) is 0 Å². The van der Waals surface area contributed by atoms with Gasteiger partial charge in [-0.05, 0) is 30.2 Å². The summed E-state index contributed by atoms with van der Waals surface area (Å²) in [4.78, 5) is 13.9. The van der Waals surface area contributed by atoms with Gasteiger partial charge in [0.05, 0.1) is 21.2 Å². The lowest BCUT2D eigenvalue weighted by Gasteiger charge is -2.21. The molecule has 0 aliphatic carbocycles. The van der Waals surface area contributed by atoms with Gasteiger partial charge in [-0.3, -0.25) is 4.79 Å². The Morgan fingerprint density at radius 3 is 2.48 bits per heavy atom. The molecule has 4 nitrogen and oxygen atoms in total. The Balaban J connectivity index is 2.20. The highest BCUT2D eigenvalue weighted by molar-refractivity contribution is 5.95. The SMILES string of the molecule is COc1cc(C(=O)N[C@H](C[NH+](C)C)c2ccccc2)ccc1C. The highest BCUT2D eigenvalue weighted by atomic mass is 16.5. The number of likely N-dealkylation sites (N-methyl/N-ethyl adjacent to an activating group) is 1. The van der Waals surface area contributed by atoms with Gasteiger partial charge in [0.15, 0.2) is 0 Å². The molecule has 2 N–H and O–H groups in total. The molecule has 0 aromatic heterocycles. The summed E-state index contributed by atoms with van der Waals surface area (Å²) in [6.45, 7) is 2.78. The summed E-state index contributed by atoms with van der Waals surface area (Å²) >= 11 is 0. The smallest absolute Gasteiger partial charge is 0.252 e. The monoisotopic (exact) mass is 313 g/mol. The number of carbonyl (C=O) groups excluding carboxylic acids is 1. The molecule has 0 heterocycles. The highest BCUT2D eigenvalue weighted by Crippen LogP contribution is 2.20. The molecular formula is C19H25N2O2+. The molecule has 0 saturated carbocycles. The Bertz CT molecular complexity index is 654. The minimum Gasteiger partial charge on any atom is -0.496 e. The zero-order valence-corrected chi connectivity index (χ0v) is 14.2. The van der Waals surface area contributed by atoms with Crippen molar-refractivity contribution in [3.8, 4) is 5.75 Å². The largest absolute Gasteiger partial charge is 0.496 e. The maximum Gasteiger partial charge on any atom is 0.252 e. The fourth-order valence-corrected chi connectivity index (χ4v) is 2.55. The molecule has 0 spiro atoms. The van der Waals surface area contributed by atoms with E-state index in [0.717, 1.165) is 23.4 Å². The molecule has 0 saturated heterocycles. The number of amides is 1. The van der Waals surface area contributed by atoms with Crippen molar-refractivity contribution in [3.63, 3.8) is 0 Å². The van der Waals surface area contributed by atoms with Crippen LogP contribution in [0.25, 0.3) is 0 Å². The summed E-state index contributed by atoms with van der Waals surface area (Å²) < 4.78 is 5.31. The van der Waals surface area contributed by atoms with Gasteiger partial charge in [-0.15, -0.1) is 0 Å². The fourth-order valence-electron chi connectivity index (χ4n) is 2.55. The van der Waals surface area contributed by atoms with Crippen molar-refractivity contribution in [1.82, 2.24) is 5.32 Å². The molecule has 2 rings (SSSR count). The predicted octanol–water partition coefficient (Wildman–Crippen LogP) is 1.62. The summed E-state index contributed by atoms with van der Waals surface area (Å²) in [7, 11) is 5.78. The summed E-state index contributed by atoms with van der Waals surface area (Å²) in [5, 5.41) is 3.14. The minimum atomic E-state index is -0.0848. The number of nitrogens with one attached hydrogen (secondary N) is 2. The third-order valence-corrected chi connectivity index (χ3v) is 3.79. The van der Waals surface area contributed by atoms with E-state index in [1.165, 1.54) is 4.90 Å². The lowest BCUT2D eigenvalue weighted by atomic mass is 10.1. The van der Waals surface area contributed by atoms with Crippen molar-refractivity contribution in [1.29, 1.82) is 0 Å². The van der Waals surface area contributed by atoms with Gasteiger partial charge < -0.3 is 15.0 Å². The molecule has 0 radical (unpaired) electrons. The van der Waals surface area contributed by atoms with E-state index in [0.29, 0.717) is 5.56 Å². The normalized spacial score (nSPS) is 12.0. The quantitative estimate of drug-likeness (QED) is 0.851. The Morgan fingerprint density at radius 2 is 1.87 bits per heavy atom. The van der Waals surface area contributed by atoms with Crippen LogP contribution in [0.5, 0.6) is 5.75 Å². The van der Waals surface area contributed by atoms with E-state index in [1.54, 1.807) is 13.2 Å². The van der Waals surface area contributed by atoms with Gasteiger partial charge >= 0.3 is 0 Å². The van der Waals surface area contributed by atoms with Crippen LogP contribution in [-0.4, -0.2) is 33.7 Å². The fraction of sp³-hybridized carbons (Fsp3) is 0.316. The van der Waals surface area contributed by atoms with E-state index in [4.69, 9.17) is 4.74 Å². The Morgan fingerprint density at radius 1 is 1.17 bits per heavy atom. The second-order valence-corrected chi connectivity index (χ2v) is 6.03. The number of carbonyl (C=O) groups is 1. The second-order valence-electron chi connectivity index (χ2n) is 6.03. The van der Waals surface area contributed by atoms with Crippen LogP contribution >= 0.6 is 0 Å². The maximum absolute atomic E-state index is 12.6. The molecule has 23 heavy (non-hydrogen) atoms. The maximum atomic E-state index is 12.6. The zero-order valence-electron chi connectivity index (χ0n) is 14.2. The first kappa shape index (κ1) is 17.0. The van der Waals surface area contributed by atoms with Crippen LogP contribution in [0.1, 0.15) is 27.5 Å². The second kappa shape index (κ2) is 7.79. The van der Waals surface area contributed by atoms with Crippen molar-refractivity contribution >= 4 is 5.91 Å². The molecule has 2 aromatic carbocycles. The first-order valence-electron chi connectivity index (χ1n) is 7.80. The molecular weight excluding hydrogens is 288 g/mol. The molecule has 122 valence electrons. The Labute approximate surface area is 138 Å². The van der Waals surface area contributed by atoms with E-state index < -0.39 is 0 Å². The predicted molar refractivity (Wildman–Crippen MR) is 92.1 cm³/mol. The van der Waals surface area contributed by atoms with Crippen molar-refractivity contribution in [2.75, 3.05) is 27.7 Å². The molecule has 1 amide bonds. The van der Waals surface area contributed by atoms with Crippen LogP contribution in [0.3, 0.4) is 0 Å². The van der Waals surface area contributed by atoms with E-state index in [9.17, 15) is 4.79 Å². The molecule has 2 aromatic rings. The van der Waals surface area contributed by atoms with Crippen molar-refractivity contribution in [2.24, 2.45) is 0 Å². The highest BCUT2D eigenvalue weighted by Gasteiger charge is 2.19. The summed E-state index contributed by atoms with van der Waals surface area (Å²) in [5.41, 5.74) is 2.74. The van der Waals surface area contributed by atoms with Crippen molar-refractivity contribution in [2.45, 2.75) is 13.0 Å². The number of rotatable bonds is 6. The van der Waals surface area contributed by atoms with E-state index in [2.05, 4.69) is 19.4 Å². The lowest BCUT2D eigenvalue weighted by Crippen LogP contribution is -3.06. The molecule has 0 bridgehead atoms. The molecule has 0 fully saturated rings. The Kier molecular flexibility index (Phi) is 5.77. The zero-order chi connectivity index (χ0) is 16.8. The Hall–Kier alpha value is -2.33. The van der Waals surface area contributed by atoms with E-state index in [1.807, 2.05) is 49.4 Å².